The smallest absolute Gasteiger partial charge is 0.153 e. The van der Waals surface area contributed by atoms with Crippen LogP contribution in [-0.4, -0.2) is 50.0 Å². The molecule has 0 aromatic carbocycles. The van der Waals surface area contributed by atoms with Crippen LogP contribution in [0.3, 0.4) is 0 Å². The molecule has 1 saturated carbocycles. The summed E-state index contributed by atoms with van der Waals surface area (Å²) in [6.07, 6.45) is 3.44. The highest BCUT2D eigenvalue weighted by molar-refractivity contribution is 7.91. The minimum absolute atomic E-state index is 0.176. The molecule has 1 aliphatic carbocycles. The molecule has 0 spiro atoms. The molecule has 1 heterocycles. The molecule has 4 nitrogen and oxygen atoms in total. The van der Waals surface area contributed by atoms with E-state index in [1.54, 1.807) is 0 Å². The van der Waals surface area contributed by atoms with Crippen LogP contribution >= 0.6 is 0 Å². The highest BCUT2D eigenvalue weighted by Gasteiger charge is 2.31. The van der Waals surface area contributed by atoms with Crippen LogP contribution in [0.1, 0.15) is 26.2 Å². The number of hydrogen-bond donors (Lipinski definition) is 1. The van der Waals surface area contributed by atoms with Gasteiger partial charge in [-0.25, -0.2) is 8.42 Å². The Kier molecular flexibility index (Phi) is 3.56. The van der Waals surface area contributed by atoms with Crippen molar-refractivity contribution in [3.8, 4) is 0 Å². The lowest BCUT2D eigenvalue weighted by Crippen LogP contribution is -2.48. The number of sulfone groups is 1. The van der Waals surface area contributed by atoms with E-state index in [1.165, 1.54) is 6.42 Å². The molecule has 0 bridgehead atoms. The topological polar surface area (TPSA) is 63.4 Å². The molecular weight excluding hydrogens is 224 g/mol. The van der Waals surface area contributed by atoms with Gasteiger partial charge in [-0.1, -0.05) is 0 Å². The highest BCUT2D eigenvalue weighted by atomic mass is 32.2. The summed E-state index contributed by atoms with van der Waals surface area (Å²) >= 11 is 0. The van der Waals surface area contributed by atoms with E-state index in [1.807, 2.05) is 6.92 Å². The first-order chi connectivity index (χ1) is 7.46. The van der Waals surface area contributed by atoms with E-state index in [9.17, 15) is 8.42 Å². The molecule has 3 atom stereocenters. The number of rotatable bonds is 2. The number of nitrogens with zero attached hydrogens (tertiary/aromatic N) is 1. The SMILES string of the molecule is CC1CS(=O)(=O)CCN1CC1CCC(N)C1. The van der Waals surface area contributed by atoms with Crippen LogP contribution in [0.4, 0.5) is 0 Å². The zero-order chi connectivity index (χ0) is 11.8. The highest BCUT2D eigenvalue weighted by Crippen LogP contribution is 2.26. The lowest BCUT2D eigenvalue weighted by atomic mass is 10.1. The van der Waals surface area contributed by atoms with Crippen molar-refractivity contribution in [3.63, 3.8) is 0 Å². The molecule has 3 unspecified atom stereocenters. The molecule has 16 heavy (non-hydrogen) atoms. The number of nitrogens with two attached hydrogens (primary N) is 1. The second-order valence-electron chi connectivity index (χ2n) is 5.40. The lowest BCUT2D eigenvalue weighted by Gasteiger charge is -2.34. The molecule has 2 N–H and O–H groups in total. The Hall–Kier alpha value is -0.130. The zero-order valence-corrected chi connectivity index (χ0v) is 10.7. The van der Waals surface area contributed by atoms with Gasteiger partial charge in [0, 0.05) is 25.2 Å². The van der Waals surface area contributed by atoms with Gasteiger partial charge >= 0.3 is 0 Å². The fraction of sp³-hybridized carbons (Fsp3) is 1.00. The summed E-state index contributed by atoms with van der Waals surface area (Å²) in [5, 5.41) is 0. The standard InChI is InChI=1S/C11H22N2O2S/c1-9-8-16(14,15)5-4-13(9)7-10-2-3-11(12)6-10/h9-11H,2-8,12H2,1H3. The fourth-order valence-corrected chi connectivity index (χ4v) is 4.54. The van der Waals surface area contributed by atoms with Crippen molar-refractivity contribution in [1.82, 2.24) is 4.90 Å². The van der Waals surface area contributed by atoms with Crippen LogP contribution < -0.4 is 5.73 Å². The Morgan fingerprint density at radius 1 is 1.38 bits per heavy atom. The van der Waals surface area contributed by atoms with Gasteiger partial charge in [-0.15, -0.1) is 0 Å². The quantitative estimate of drug-likeness (QED) is 0.758. The predicted molar refractivity (Wildman–Crippen MR) is 65.0 cm³/mol. The maximum atomic E-state index is 11.4. The van der Waals surface area contributed by atoms with Crippen LogP contribution in [0, 0.1) is 5.92 Å². The molecule has 2 aliphatic rings. The Morgan fingerprint density at radius 2 is 2.12 bits per heavy atom. The molecule has 94 valence electrons. The van der Waals surface area contributed by atoms with E-state index >= 15 is 0 Å². The normalized spacial score (nSPS) is 40.0. The average molecular weight is 246 g/mol. The minimum atomic E-state index is -2.78. The molecule has 0 radical (unpaired) electrons. The zero-order valence-electron chi connectivity index (χ0n) is 9.93. The minimum Gasteiger partial charge on any atom is -0.328 e. The third-order valence-electron chi connectivity index (χ3n) is 3.88. The van der Waals surface area contributed by atoms with Crippen molar-refractivity contribution in [1.29, 1.82) is 0 Å². The van der Waals surface area contributed by atoms with Gasteiger partial charge in [0.25, 0.3) is 0 Å². The van der Waals surface area contributed by atoms with Gasteiger partial charge in [0.1, 0.15) is 0 Å². The van der Waals surface area contributed by atoms with Crippen LogP contribution in [-0.2, 0) is 9.84 Å². The molecule has 2 fully saturated rings. The van der Waals surface area contributed by atoms with Crippen molar-refractivity contribution < 1.29 is 8.42 Å². The first-order valence-corrected chi connectivity index (χ1v) is 7.98. The van der Waals surface area contributed by atoms with Crippen molar-refractivity contribution in [2.45, 2.75) is 38.3 Å². The Bertz CT molecular complexity index is 342. The van der Waals surface area contributed by atoms with Crippen LogP contribution in [0.5, 0.6) is 0 Å². The van der Waals surface area contributed by atoms with Crippen molar-refractivity contribution >= 4 is 9.84 Å². The molecule has 5 heteroatoms. The third-order valence-corrected chi connectivity index (χ3v) is 5.68. The number of hydrogen-bond acceptors (Lipinski definition) is 4. The molecular formula is C11H22N2O2S. The maximum absolute atomic E-state index is 11.4. The predicted octanol–water partition coefficient (Wildman–Crippen LogP) is 0.233. The van der Waals surface area contributed by atoms with E-state index in [-0.39, 0.29) is 6.04 Å². The molecule has 0 aromatic rings. The maximum Gasteiger partial charge on any atom is 0.153 e. The monoisotopic (exact) mass is 246 g/mol. The summed E-state index contributed by atoms with van der Waals surface area (Å²) in [5.41, 5.74) is 5.89. The molecule has 0 aromatic heterocycles. The van der Waals surface area contributed by atoms with Gasteiger partial charge in [-0.3, -0.25) is 4.90 Å². The van der Waals surface area contributed by atoms with Gasteiger partial charge < -0.3 is 5.73 Å². The summed E-state index contributed by atoms with van der Waals surface area (Å²) in [6, 6.07) is 0.546. The molecule has 0 amide bonds. The first-order valence-electron chi connectivity index (χ1n) is 6.16. The van der Waals surface area contributed by atoms with Crippen molar-refractivity contribution in [2.75, 3.05) is 24.6 Å². The van der Waals surface area contributed by atoms with Gasteiger partial charge in [0.15, 0.2) is 9.84 Å². The van der Waals surface area contributed by atoms with Crippen LogP contribution in [0.15, 0.2) is 0 Å². The van der Waals surface area contributed by atoms with Gasteiger partial charge in [0.2, 0.25) is 0 Å². The Balaban J connectivity index is 1.87. The van der Waals surface area contributed by atoms with Crippen LogP contribution in [0.25, 0.3) is 0 Å². The molecule has 1 saturated heterocycles. The van der Waals surface area contributed by atoms with Gasteiger partial charge in [-0.2, -0.15) is 0 Å². The van der Waals surface area contributed by atoms with Gasteiger partial charge in [0.05, 0.1) is 11.5 Å². The van der Waals surface area contributed by atoms with E-state index in [4.69, 9.17) is 5.73 Å². The largest absolute Gasteiger partial charge is 0.328 e. The van der Waals surface area contributed by atoms with E-state index < -0.39 is 9.84 Å². The van der Waals surface area contributed by atoms with Gasteiger partial charge in [-0.05, 0) is 32.1 Å². The van der Waals surface area contributed by atoms with Crippen LogP contribution in [0.2, 0.25) is 0 Å². The molecule has 1 aliphatic heterocycles. The van der Waals surface area contributed by atoms with Crippen molar-refractivity contribution in [2.24, 2.45) is 11.7 Å². The van der Waals surface area contributed by atoms with Crippen molar-refractivity contribution in [3.05, 3.63) is 0 Å². The summed E-state index contributed by atoms with van der Waals surface area (Å²) in [4.78, 5) is 2.32. The van der Waals surface area contributed by atoms with E-state index in [2.05, 4.69) is 4.90 Å². The Morgan fingerprint density at radius 3 is 2.69 bits per heavy atom. The summed E-state index contributed by atoms with van der Waals surface area (Å²) in [5.74, 6) is 1.33. The second-order valence-corrected chi connectivity index (χ2v) is 7.63. The van der Waals surface area contributed by atoms with E-state index in [0.29, 0.717) is 30.0 Å². The first kappa shape index (κ1) is 12.3. The summed E-state index contributed by atoms with van der Waals surface area (Å²) in [7, 11) is -2.78. The summed E-state index contributed by atoms with van der Waals surface area (Å²) < 4.78 is 22.9. The average Bonchev–Trinajstić information content (AvgIpc) is 2.56. The fourth-order valence-electron chi connectivity index (χ4n) is 2.92. The Labute approximate surface area is 98.1 Å². The third kappa shape index (κ3) is 2.96. The molecule has 2 rings (SSSR count). The summed E-state index contributed by atoms with van der Waals surface area (Å²) in [6.45, 7) is 3.76. The lowest BCUT2D eigenvalue weighted by molar-refractivity contribution is 0.192. The second kappa shape index (κ2) is 4.63. The van der Waals surface area contributed by atoms with E-state index in [0.717, 1.165) is 19.4 Å².